The molecule has 0 saturated heterocycles. The molecule has 14 heteroatoms. The summed E-state index contributed by atoms with van der Waals surface area (Å²) in [5.74, 6) is 0.552. The van der Waals surface area contributed by atoms with Crippen molar-refractivity contribution >= 4 is 63.5 Å². The summed E-state index contributed by atoms with van der Waals surface area (Å²) in [6.45, 7) is 5.66. The first-order valence-corrected chi connectivity index (χ1v) is 17.8. The van der Waals surface area contributed by atoms with Gasteiger partial charge < -0.3 is 28.4 Å². The third-order valence-electron chi connectivity index (χ3n) is 7.52. The van der Waals surface area contributed by atoms with Crippen LogP contribution < -0.4 is 33.8 Å². The van der Waals surface area contributed by atoms with Gasteiger partial charge >= 0.3 is 11.9 Å². The Labute approximate surface area is 310 Å². The van der Waals surface area contributed by atoms with Crippen LogP contribution in [0.3, 0.4) is 0 Å². The van der Waals surface area contributed by atoms with Crippen LogP contribution in [-0.4, -0.2) is 50.5 Å². The van der Waals surface area contributed by atoms with Crippen molar-refractivity contribution < 1.29 is 38.0 Å². The van der Waals surface area contributed by atoms with Crippen LogP contribution in [0.1, 0.15) is 43.5 Å². The zero-order valence-electron chi connectivity index (χ0n) is 27.9. The fourth-order valence-electron chi connectivity index (χ4n) is 5.24. The lowest BCUT2D eigenvalue weighted by molar-refractivity contribution is -0.143. The first-order chi connectivity index (χ1) is 24.1. The minimum absolute atomic E-state index is 0.136. The number of carbonyl (C=O) groups is 2. The molecule has 11 nitrogen and oxygen atoms in total. The van der Waals surface area contributed by atoms with Crippen molar-refractivity contribution in [3.63, 3.8) is 0 Å². The fourth-order valence-corrected chi connectivity index (χ4v) is 7.19. The summed E-state index contributed by atoms with van der Waals surface area (Å²) in [5, 5.41) is 0.643. The molecule has 262 valence electrons. The van der Waals surface area contributed by atoms with Gasteiger partial charge in [-0.2, -0.15) is 0 Å². The molecule has 0 radical (unpaired) electrons. The first-order valence-electron chi connectivity index (χ1n) is 15.5. The molecule has 50 heavy (non-hydrogen) atoms. The Morgan fingerprint density at radius 2 is 1.74 bits per heavy atom. The predicted octanol–water partition coefficient (Wildman–Crippen LogP) is 5.59. The van der Waals surface area contributed by atoms with Crippen molar-refractivity contribution in [1.29, 1.82) is 0 Å². The van der Waals surface area contributed by atoms with Crippen LogP contribution in [0.25, 0.3) is 6.08 Å². The molecule has 1 aliphatic rings. The summed E-state index contributed by atoms with van der Waals surface area (Å²) in [6.07, 6.45) is 1.76. The van der Waals surface area contributed by atoms with Gasteiger partial charge in [0, 0.05) is 5.02 Å². The van der Waals surface area contributed by atoms with Crippen LogP contribution in [0.2, 0.25) is 5.02 Å². The van der Waals surface area contributed by atoms with Gasteiger partial charge in [-0.15, -0.1) is 0 Å². The summed E-state index contributed by atoms with van der Waals surface area (Å²) >= 11 is 9.39. The average molecular weight is 833 g/mol. The van der Waals surface area contributed by atoms with Crippen LogP contribution in [0.15, 0.2) is 75.7 Å². The summed E-state index contributed by atoms with van der Waals surface area (Å²) in [7, 11) is 2.82. The number of thiazole rings is 1. The van der Waals surface area contributed by atoms with Crippen molar-refractivity contribution in [1.82, 2.24) is 4.57 Å². The minimum atomic E-state index is -0.889. The molecule has 4 aromatic rings. The van der Waals surface area contributed by atoms with E-state index in [9.17, 15) is 14.4 Å². The van der Waals surface area contributed by atoms with Crippen LogP contribution in [0.5, 0.6) is 23.0 Å². The third-order valence-corrected chi connectivity index (χ3v) is 9.56. The molecule has 0 N–H and O–H groups in total. The number of esters is 2. The van der Waals surface area contributed by atoms with E-state index < -0.39 is 18.0 Å². The van der Waals surface area contributed by atoms with Gasteiger partial charge in [0.25, 0.3) is 5.56 Å². The zero-order chi connectivity index (χ0) is 35.9. The number of fused-ring (bicyclic) bond motifs is 1. The maximum absolute atomic E-state index is 14.2. The molecule has 1 atom stereocenters. The van der Waals surface area contributed by atoms with Crippen LogP contribution in [-0.2, 0) is 25.7 Å². The monoisotopic (exact) mass is 832 g/mol. The molecule has 5 rings (SSSR count). The Kier molecular flexibility index (Phi) is 12.2. The lowest BCUT2D eigenvalue weighted by Gasteiger charge is -2.25. The number of hydrogen-bond donors (Lipinski definition) is 0. The number of halogens is 2. The molecule has 0 saturated carbocycles. The number of methoxy groups -OCH3 is 2. The van der Waals surface area contributed by atoms with E-state index in [0.29, 0.717) is 67.4 Å². The van der Waals surface area contributed by atoms with Gasteiger partial charge in [0.2, 0.25) is 0 Å². The normalized spacial score (nSPS) is 14.1. The maximum atomic E-state index is 14.2. The molecule has 0 aliphatic carbocycles. The molecule has 0 spiro atoms. The number of benzene rings is 3. The van der Waals surface area contributed by atoms with E-state index >= 15 is 0 Å². The van der Waals surface area contributed by atoms with Crippen molar-refractivity contribution in [2.24, 2.45) is 4.99 Å². The van der Waals surface area contributed by atoms with Gasteiger partial charge in [0.1, 0.15) is 6.61 Å². The van der Waals surface area contributed by atoms with Crippen LogP contribution >= 0.6 is 45.5 Å². The second-order valence-electron chi connectivity index (χ2n) is 10.8. The number of carbonyl (C=O) groups excluding carboxylic acids is 2. The fraction of sp³-hybridized carbons (Fsp3) is 0.278. The van der Waals surface area contributed by atoms with Gasteiger partial charge in [-0.05, 0) is 103 Å². The Bertz CT molecular complexity index is 2130. The molecule has 2 heterocycles. The van der Waals surface area contributed by atoms with Crippen molar-refractivity contribution in [2.75, 3.05) is 34.0 Å². The van der Waals surface area contributed by atoms with E-state index in [1.54, 1.807) is 63.4 Å². The Hall–Kier alpha value is -4.34. The summed E-state index contributed by atoms with van der Waals surface area (Å²) < 4.78 is 36.1. The second-order valence-corrected chi connectivity index (χ2v) is 13.4. The summed E-state index contributed by atoms with van der Waals surface area (Å²) in [6, 6.07) is 15.2. The number of ether oxygens (including phenoxy) is 6. The number of rotatable bonds is 13. The molecule has 0 unspecified atom stereocenters. The largest absolute Gasteiger partial charge is 0.493 e. The van der Waals surface area contributed by atoms with Crippen molar-refractivity contribution in [2.45, 2.75) is 33.4 Å². The topological polar surface area (TPSA) is 124 Å². The molecule has 0 fully saturated rings. The van der Waals surface area contributed by atoms with Gasteiger partial charge in [0.05, 0.1) is 52.8 Å². The van der Waals surface area contributed by atoms with E-state index in [2.05, 4.69) is 32.3 Å². The van der Waals surface area contributed by atoms with Gasteiger partial charge in [-0.1, -0.05) is 41.1 Å². The smallest absolute Gasteiger partial charge is 0.343 e. The Morgan fingerprint density at radius 1 is 0.980 bits per heavy atom. The molecule has 1 aromatic heterocycles. The quantitative estimate of drug-likeness (QED) is 0.125. The first kappa shape index (κ1) is 36.9. The standard InChI is InChI=1S/C36H34ClIN2O9S/c1-6-46-27-17-23(10-13-26(27)48-19-30(41)45-5)32-31(35(43)47-7-2)20(3)39-36-40(32)34(42)29(50-36)16-22-14-25(38)33(28(15-22)44-4)49-18-21-8-11-24(37)12-9-21/h8-17,32H,6-7,18-19H2,1-5H3/b29-16+/t32-/m0/s1. The predicted molar refractivity (Wildman–Crippen MR) is 197 cm³/mol. The molecular formula is C36H34ClIN2O9S. The average Bonchev–Trinajstić information content (AvgIpc) is 3.40. The van der Waals surface area contributed by atoms with E-state index in [1.807, 2.05) is 25.1 Å². The highest BCUT2D eigenvalue weighted by Gasteiger charge is 2.34. The summed E-state index contributed by atoms with van der Waals surface area (Å²) in [5.41, 5.74) is 2.50. The van der Waals surface area contributed by atoms with E-state index in [0.717, 1.165) is 9.13 Å². The lowest BCUT2D eigenvalue weighted by Crippen LogP contribution is -2.40. The van der Waals surface area contributed by atoms with E-state index in [4.69, 9.17) is 35.3 Å². The highest BCUT2D eigenvalue weighted by molar-refractivity contribution is 14.1. The molecule has 0 bridgehead atoms. The minimum Gasteiger partial charge on any atom is -0.493 e. The zero-order valence-corrected chi connectivity index (χ0v) is 31.6. The Balaban J connectivity index is 1.58. The summed E-state index contributed by atoms with van der Waals surface area (Å²) in [4.78, 5) is 44.5. The number of hydrogen-bond acceptors (Lipinski definition) is 11. The van der Waals surface area contributed by atoms with Crippen LogP contribution in [0, 0.1) is 3.57 Å². The van der Waals surface area contributed by atoms with Crippen LogP contribution in [0.4, 0.5) is 0 Å². The van der Waals surface area contributed by atoms with Gasteiger partial charge in [-0.25, -0.2) is 14.6 Å². The molecule has 0 amide bonds. The molecular weight excluding hydrogens is 799 g/mol. The Morgan fingerprint density at radius 3 is 2.42 bits per heavy atom. The lowest BCUT2D eigenvalue weighted by atomic mass is 9.95. The van der Waals surface area contributed by atoms with Crippen molar-refractivity contribution in [3.05, 3.63) is 111 Å². The van der Waals surface area contributed by atoms with E-state index in [1.165, 1.54) is 23.0 Å². The SMILES string of the molecule is CCOC(=O)C1=C(C)N=c2s/c(=C/c3cc(I)c(OCc4ccc(Cl)cc4)c(OC)c3)c(=O)n2[C@H]1c1ccc(OCC(=O)OC)c(OCC)c1. The highest BCUT2D eigenvalue weighted by Crippen LogP contribution is 2.37. The second kappa shape index (κ2) is 16.6. The molecule has 3 aromatic carbocycles. The van der Waals surface area contributed by atoms with Gasteiger partial charge in [-0.3, -0.25) is 9.36 Å². The van der Waals surface area contributed by atoms with Crippen molar-refractivity contribution in [3.8, 4) is 23.0 Å². The number of aromatic nitrogens is 1. The van der Waals surface area contributed by atoms with E-state index in [-0.39, 0.29) is 24.3 Å². The molecule has 1 aliphatic heterocycles. The number of allylic oxidation sites excluding steroid dienone is 1. The highest BCUT2D eigenvalue weighted by atomic mass is 127. The van der Waals surface area contributed by atoms with Gasteiger partial charge in [0.15, 0.2) is 34.4 Å². The maximum Gasteiger partial charge on any atom is 0.343 e. The third kappa shape index (κ3) is 8.16. The number of nitrogens with zero attached hydrogens (tertiary/aromatic N) is 2.